The van der Waals surface area contributed by atoms with Crippen molar-refractivity contribution in [3.63, 3.8) is 0 Å². The highest BCUT2D eigenvalue weighted by Gasteiger charge is 2.29. The van der Waals surface area contributed by atoms with Crippen molar-refractivity contribution in [3.05, 3.63) is 103 Å². The highest BCUT2D eigenvalue weighted by molar-refractivity contribution is 7.92. The van der Waals surface area contributed by atoms with E-state index in [0.29, 0.717) is 17.2 Å². The van der Waals surface area contributed by atoms with Crippen LogP contribution in [0.3, 0.4) is 0 Å². The number of carbonyl (C=O) groups is 1. The Hall–Kier alpha value is -4.11. The van der Waals surface area contributed by atoms with E-state index in [9.17, 15) is 13.2 Å². The van der Waals surface area contributed by atoms with Gasteiger partial charge in [0.1, 0.15) is 23.4 Å². The molecule has 0 aliphatic carbocycles. The van der Waals surface area contributed by atoms with E-state index in [-0.39, 0.29) is 6.54 Å². The number of aromatic nitrogens is 2. The second-order valence-electron chi connectivity index (χ2n) is 8.37. The van der Waals surface area contributed by atoms with Crippen molar-refractivity contribution in [2.75, 3.05) is 10.6 Å². The smallest absolute Gasteiger partial charge is 0.243 e. The van der Waals surface area contributed by atoms with Gasteiger partial charge in [-0.25, -0.2) is 13.4 Å². The van der Waals surface area contributed by atoms with Gasteiger partial charge in [-0.2, -0.15) is 0 Å². The first-order valence-electron chi connectivity index (χ1n) is 11.4. The predicted octanol–water partition coefficient (Wildman–Crippen LogP) is 4.44. The molecule has 0 saturated carbocycles. The van der Waals surface area contributed by atoms with Crippen molar-refractivity contribution in [2.24, 2.45) is 0 Å². The molecular weight excluding hydrogens is 476 g/mol. The molecule has 4 rings (SSSR count). The molecule has 9 heteroatoms. The summed E-state index contributed by atoms with van der Waals surface area (Å²) in [7, 11) is -3.73. The molecule has 1 aromatic heterocycles. The molecule has 0 fully saturated rings. The molecule has 1 heterocycles. The average molecular weight is 505 g/mol. The lowest BCUT2D eigenvalue weighted by molar-refractivity contribution is -0.122. The number of hydrogen-bond donors (Lipinski definition) is 1. The molecule has 186 valence electrons. The number of nitrogens with zero attached hydrogens (tertiary/aromatic N) is 3. The zero-order valence-electron chi connectivity index (χ0n) is 20.3. The topological polar surface area (TPSA) is 93.5 Å². The number of para-hydroxylation sites is 1. The highest BCUT2D eigenvalue weighted by atomic mass is 32.2. The maximum absolute atomic E-state index is 12.9. The standard InChI is InChI=1S/C27H28N4O4S/c1-20(27(32)29-19-22-9-11-23(12-10-22)30-18-17-28-21(30)2)31(36(3,33)34)24-13-15-26(16-14-24)35-25-7-5-4-6-8-25/h4-18,20H,19H2,1-3H3,(H,29,32)/t20-/m1/s1. The molecule has 0 bridgehead atoms. The SMILES string of the molecule is Cc1nccn1-c1ccc(CNC(=O)[C@@H](C)N(c2ccc(Oc3ccccc3)cc2)S(C)(=O)=O)cc1. The number of imidazole rings is 1. The second kappa shape index (κ2) is 10.7. The van der Waals surface area contributed by atoms with Crippen LogP contribution in [0.1, 0.15) is 18.3 Å². The van der Waals surface area contributed by atoms with Crippen LogP contribution in [0.25, 0.3) is 5.69 Å². The number of aryl methyl sites for hydroxylation is 1. The van der Waals surface area contributed by atoms with Gasteiger partial charge >= 0.3 is 0 Å². The summed E-state index contributed by atoms with van der Waals surface area (Å²) < 4.78 is 34.1. The Labute approximate surface area is 211 Å². The Kier molecular flexibility index (Phi) is 7.40. The van der Waals surface area contributed by atoms with Crippen LogP contribution in [0, 0.1) is 6.92 Å². The summed E-state index contributed by atoms with van der Waals surface area (Å²) >= 11 is 0. The molecule has 1 amide bonds. The molecule has 0 spiro atoms. The number of amides is 1. The first-order valence-corrected chi connectivity index (χ1v) is 13.3. The summed E-state index contributed by atoms with van der Waals surface area (Å²) in [5.41, 5.74) is 2.24. The van der Waals surface area contributed by atoms with Crippen LogP contribution in [0.4, 0.5) is 5.69 Å². The minimum absolute atomic E-state index is 0.272. The third kappa shape index (κ3) is 5.92. The number of nitrogens with one attached hydrogen (secondary N) is 1. The van der Waals surface area contributed by atoms with Gasteiger partial charge in [0.2, 0.25) is 15.9 Å². The first-order chi connectivity index (χ1) is 17.2. The maximum Gasteiger partial charge on any atom is 0.243 e. The van der Waals surface area contributed by atoms with Crippen molar-refractivity contribution < 1.29 is 17.9 Å². The highest BCUT2D eigenvalue weighted by Crippen LogP contribution is 2.27. The lowest BCUT2D eigenvalue weighted by Gasteiger charge is -2.28. The summed E-state index contributed by atoms with van der Waals surface area (Å²) in [6, 6.07) is 22.7. The van der Waals surface area contributed by atoms with Crippen molar-refractivity contribution >= 4 is 21.6 Å². The van der Waals surface area contributed by atoms with Crippen molar-refractivity contribution in [1.29, 1.82) is 0 Å². The molecule has 0 radical (unpaired) electrons. The Morgan fingerprint density at radius 2 is 1.64 bits per heavy atom. The molecule has 0 unspecified atom stereocenters. The molecule has 8 nitrogen and oxygen atoms in total. The minimum atomic E-state index is -3.73. The number of rotatable bonds is 9. The van der Waals surface area contributed by atoms with Gasteiger partial charge in [-0.1, -0.05) is 30.3 Å². The fraction of sp³-hybridized carbons (Fsp3) is 0.185. The third-order valence-electron chi connectivity index (χ3n) is 5.67. The van der Waals surface area contributed by atoms with Crippen molar-refractivity contribution in [2.45, 2.75) is 26.4 Å². The van der Waals surface area contributed by atoms with Gasteiger partial charge in [0.05, 0.1) is 11.9 Å². The number of carbonyl (C=O) groups excluding carboxylic acids is 1. The van der Waals surface area contributed by atoms with Crippen LogP contribution in [-0.2, 0) is 21.4 Å². The van der Waals surface area contributed by atoms with Gasteiger partial charge in [-0.05, 0) is 67.9 Å². The third-order valence-corrected chi connectivity index (χ3v) is 6.91. The van der Waals surface area contributed by atoms with Gasteiger partial charge < -0.3 is 14.6 Å². The largest absolute Gasteiger partial charge is 0.457 e. The zero-order valence-corrected chi connectivity index (χ0v) is 21.1. The molecule has 4 aromatic rings. The van der Waals surface area contributed by atoms with E-state index in [0.717, 1.165) is 27.6 Å². The predicted molar refractivity (Wildman–Crippen MR) is 140 cm³/mol. The molecular formula is C27H28N4O4S. The molecule has 1 N–H and O–H groups in total. The van der Waals surface area contributed by atoms with Gasteiger partial charge in [0.15, 0.2) is 0 Å². The summed E-state index contributed by atoms with van der Waals surface area (Å²) in [6.07, 6.45) is 4.71. The molecule has 0 aliphatic heterocycles. The summed E-state index contributed by atoms with van der Waals surface area (Å²) in [4.78, 5) is 17.2. The van der Waals surface area contributed by atoms with E-state index in [2.05, 4.69) is 10.3 Å². The number of anilines is 1. The Morgan fingerprint density at radius 1 is 1.00 bits per heavy atom. The quantitative estimate of drug-likeness (QED) is 0.364. The second-order valence-corrected chi connectivity index (χ2v) is 10.2. The van der Waals surface area contributed by atoms with Crippen LogP contribution < -0.4 is 14.4 Å². The van der Waals surface area contributed by atoms with Crippen LogP contribution in [0.5, 0.6) is 11.5 Å². The molecule has 36 heavy (non-hydrogen) atoms. The number of hydrogen-bond acceptors (Lipinski definition) is 5. The van der Waals surface area contributed by atoms with E-state index in [1.54, 1.807) is 37.4 Å². The lowest BCUT2D eigenvalue weighted by Crippen LogP contribution is -2.47. The normalized spacial score (nSPS) is 12.1. The van der Waals surface area contributed by atoms with Crippen molar-refractivity contribution in [1.82, 2.24) is 14.9 Å². The lowest BCUT2D eigenvalue weighted by atomic mass is 10.2. The Bertz CT molecular complexity index is 1420. The minimum Gasteiger partial charge on any atom is -0.457 e. The van der Waals surface area contributed by atoms with E-state index >= 15 is 0 Å². The van der Waals surface area contributed by atoms with E-state index < -0.39 is 22.0 Å². The van der Waals surface area contributed by atoms with E-state index in [1.807, 2.05) is 72.3 Å². The number of ether oxygens (including phenoxy) is 1. The summed E-state index contributed by atoms with van der Waals surface area (Å²) in [6.45, 7) is 3.76. The van der Waals surface area contributed by atoms with E-state index in [1.165, 1.54) is 0 Å². The Balaban J connectivity index is 1.43. The summed E-state index contributed by atoms with van der Waals surface area (Å²) in [5, 5.41) is 2.84. The molecule has 1 atom stereocenters. The summed E-state index contributed by atoms with van der Waals surface area (Å²) in [5.74, 6) is 1.71. The molecule has 3 aromatic carbocycles. The van der Waals surface area contributed by atoms with Crippen LogP contribution in [0.2, 0.25) is 0 Å². The fourth-order valence-electron chi connectivity index (χ4n) is 3.86. The Morgan fingerprint density at radius 3 is 2.22 bits per heavy atom. The molecule has 0 saturated heterocycles. The van der Waals surface area contributed by atoms with Gasteiger partial charge in [0.25, 0.3) is 0 Å². The maximum atomic E-state index is 12.9. The van der Waals surface area contributed by atoms with Crippen LogP contribution >= 0.6 is 0 Å². The van der Waals surface area contributed by atoms with Gasteiger partial charge in [-0.3, -0.25) is 9.10 Å². The molecule has 0 aliphatic rings. The van der Waals surface area contributed by atoms with Gasteiger partial charge in [0, 0.05) is 24.6 Å². The number of sulfonamides is 1. The zero-order chi connectivity index (χ0) is 25.7. The van der Waals surface area contributed by atoms with Crippen LogP contribution in [0.15, 0.2) is 91.3 Å². The van der Waals surface area contributed by atoms with Gasteiger partial charge in [-0.15, -0.1) is 0 Å². The van der Waals surface area contributed by atoms with E-state index in [4.69, 9.17) is 4.74 Å². The van der Waals surface area contributed by atoms with Crippen LogP contribution in [-0.4, -0.2) is 36.2 Å². The van der Waals surface area contributed by atoms with Crippen molar-refractivity contribution in [3.8, 4) is 17.2 Å². The number of benzene rings is 3. The average Bonchev–Trinajstić information content (AvgIpc) is 3.29. The fourth-order valence-corrected chi connectivity index (χ4v) is 5.03. The first kappa shape index (κ1) is 25.0. The monoisotopic (exact) mass is 504 g/mol.